The van der Waals surface area contributed by atoms with Crippen molar-refractivity contribution in [2.24, 2.45) is 0 Å². The second kappa shape index (κ2) is 7.77. The Morgan fingerprint density at radius 3 is 2.30 bits per heavy atom. The Morgan fingerprint density at radius 1 is 1.20 bits per heavy atom. The second-order valence-electron chi connectivity index (χ2n) is 6.41. The average molecular weight is 278 g/mol. The molecule has 0 radical (unpaired) electrons. The zero-order valence-electron chi connectivity index (χ0n) is 13.6. The fourth-order valence-electron chi connectivity index (χ4n) is 2.36. The van der Waals surface area contributed by atoms with Crippen molar-refractivity contribution in [1.82, 2.24) is 10.2 Å². The van der Waals surface area contributed by atoms with Crippen molar-refractivity contribution in [3.63, 3.8) is 0 Å². The van der Waals surface area contributed by atoms with Crippen LogP contribution in [0.3, 0.4) is 0 Å². The van der Waals surface area contributed by atoms with E-state index in [2.05, 4.69) is 75.3 Å². The topological polar surface area (TPSA) is 35.5 Å². The molecule has 0 fully saturated rings. The molecule has 3 nitrogen and oxygen atoms in total. The fourth-order valence-corrected chi connectivity index (χ4v) is 2.36. The summed E-state index contributed by atoms with van der Waals surface area (Å²) < 4.78 is 0. The van der Waals surface area contributed by atoms with E-state index in [9.17, 15) is 5.11 Å². The van der Waals surface area contributed by atoms with Gasteiger partial charge in [-0.25, -0.2) is 0 Å². The number of hydrogen-bond donors (Lipinski definition) is 2. The predicted molar refractivity (Wildman–Crippen MR) is 86.1 cm³/mol. The van der Waals surface area contributed by atoms with Gasteiger partial charge in [0.15, 0.2) is 0 Å². The number of benzene rings is 1. The van der Waals surface area contributed by atoms with Crippen molar-refractivity contribution in [3.8, 4) is 0 Å². The Labute approximate surface area is 124 Å². The molecule has 0 spiro atoms. The molecule has 0 bridgehead atoms. The van der Waals surface area contributed by atoms with Crippen LogP contribution in [-0.4, -0.2) is 48.8 Å². The minimum absolute atomic E-state index is 0.0315. The van der Waals surface area contributed by atoms with Gasteiger partial charge in [0.05, 0.1) is 6.61 Å². The molecule has 0 amide bonds. The van der Waals surface area contributed by atoms with Crippen LogP contribution in [0.4, 0.5) is 0 Å². The molecule has 0 aliphatic rings. The lowest BCUT2D eigenvalue weighted by Gasteiger charge is -2.37. The van der Waals surface area contributed by atoms with Gasteiger partial charge in [-0.05, 0) is 19.5 Å². The largest absolute Gasteiger partial charge is 0.395 e. The molecule has 2 N–H and O–H groups in total. The number of aliphatic hydroxyl groups is 1. The monoisotopic (exact) mass is 278 g/mol. The molecule has 1 rings (SSSR count). The summed E-state index contributed by atoms with van der Waals surface area (Å²) in [6.07, 6.45) is 0. The predicted octanol–water partition coefficient (Wildman–Crippen LogP) is 2.25. The molecule has 114 valence electrons. The van der Waals surface area contributed by atoms with Crippen LogP contribution in [0.5, 0.6) is 0 Å². The van der Waals surface area contributed by atoms with Gasteiger partial charge in [0.1, 0.15) is 0 Å². The first-order valence-electron chi connectivity index (χ1n) is 7.49. The lowest BCUT2D eigenvalue weighted by atomic mass is 9.81. The third-order valence-electron chi connectivity index (χ3n) is 3.99. The summed E-state index contributed by atoms with van der Waals surface area (Å²) in [5.41, 5.74) is 1.37. The quantitative estimate of drug-likeness (QED) is 0.765. The minimum atomic E-state index is 0.0315. The molecule has 0 aromatic heterocycles. The first kappa shape index (κ1) is 17.2. The van der Waals surface area contributed by atoms with Crippen LogP contribution < -0.4 is 5.32 Å². The van der Waals surface area contributed by atoms with Crippen LogP contribution in [0, 0.1) is 0 Å². The van der Waals surface area contributed by atoms with Gasteiger partial charge in [0, 0.05) is 30.6 Å². The maximum atomic E-state index is 9.33. The third-order valence-corrected chi connectivity index (χ3v) is 3.99. The van der Waals surface area contributed by atoms with Gasteiger partial charge < -0.3 is 15.3 Å². The SMILES string of the molecule is CC(C)NCC(C)(CN(C)C(C)CO)c1ccccc1. The van der Waals surface area contributed by atoms with E-state index in [-0.39, 0.29) is 18.1 Å². The number of nitrogens with zero attached hydrogens (tertiary/aromatic N) is 1. The molecule has 3 heteroatoms. The summed E-state index contributed by atoms with van der Waals surface area (Å²) in [5, 5.41) is 12.9. The first-order chi connectivity index (χ1) is 9.39. The van der Waals surface area contributed by atoms with E-state index in [0.717, 1.165) is 13.1 Å². The summed E-state index contributed by atoms with van der Waals surface area (Å²) in [4.78, 5) is 2.23. The van der Waals surface area contributed by atoms with Crippen LogP contribution in [-0.2, 0) is 5.41 Å². The molecule has 1 aromatic carbocycles. The summed E-state index contributed by atoms with van der Waals surface area (Å²) in [6, 6.07) is 11.3. The third kappa shape index (κ3) is 4.89. The minimum Gasteiger partial charge on any atom is -0.395 e. The van der Waals surface area contributed by atoms with Crippen molar-refractivity contribution in [1.29, 1.82) is 0 Å². The van der Waals surface area contributed by atoms with Crippen molar-refractivity contribution in [2.75, 3.05) is 26.7 Å². The van der Waals surface area contributed by atoms with E-state index in [1.165, 1.54) is 5.56 Å². The zero-order valence-corrected chi connectivity index (χ0v) is 13.6. The van der Waals surface area contributed by atoms with Crippen LogP contribution in [0.25, 0.3) is 0 Å². The molecule has 2 unspecified atom stereocenters. The summed E-state index contributed by atoms with van der Waals surface area (Å²) >= 11 is 0. The molecular formula is C17H30N2O. The second-order valence-corrected chi connectivity index (χ2v) is 6.41. The number of rotatable bonds is 8. The van der Waals surface area contributed by atoms with Gasteiger partial charge >= 0.3 is 0 Å². The van der Waals surface area contributed by atoms with E-state index < -0.39 is 0 Å². The Balaban J connectivity index is 2.89. The molecule has 0 saturated carbocycles. The summed E-state index contributed by atoms with van der Waals surface area (Å²) in [6.45, 7) is 10.7. The Hall–Kier alpha value is -0.900. The maximum Gasteiger partial charge on any atom is 0.0584 e. The lowest BCUT2D eigenvalue weighted by Crippen LogP contribution is -2.48. The van der Waals surface area contributed by atoms with Gasteiger partial charge in [0.2, 0.25) is 0 Å². The van der Waals surface area contributed by atoms with Gasteiger partial charge in [-0.3, -0.25) is 0 Å². The molecule has 2 atom stereocenters. The Kier molecular flexibility index (Phi) is 6.66. The van der Waals surface area contributed by atoms with Crippen molar-refractivity contribution < 1.29 is 5.11 Å². The van der Waals surface area contributed by atoms with Crippen molar-refractivity contribution in [3.05, 3.63) is 35.9 Å². The van der Waals surface area contributed by atoms with Gasteiger partial charge in [-0.1, -0.05) is 51.1 Å². The molecule has 0 saturated heterocycles. The van der Waals surface area contributed by atoms with Gasteiger partial charge in [-0.2, -0.15) is 0 Å². The molecule has 0 aliphatic heterocycles. The number of hydrogen-bond acceptors (Lipinski definition) is 3. The van der Waals surface area contributed by atoms with Crippen LogP contribution in [0.15, 0.2) is 30.3 Å². The number of nitrogens with one attached hydrogen (secondary N) is 1. The molecule has 0 aliphatic carbocycles. The normalized spacial score (nSPS) is 16.4. The summed E-state index contributed by atoms with van der Waals surface area (Å²) in [5.74, 6) is 0. The van der Waals surface area contributed by atoms with E-state index in [1.54, 1.807) is 0 Å². The Morgan fingerprint density at radius 2 is 1.80 bits per heavy atom. The molecule has 0 heterocycles. The lowest BCUT2D eigenvalue weighted by molar-refractivity contribution is 0.134. The van der Waals surface area contributed by atoms with Gasteiger partial charge in [-0.15, -0.1) is 0 Å². The Bertz CT molecular complexity index is 380. The molecule has 20 heavy (non-hydrogen) atoms. The number of likely N-dealkylation sites (N-methyl/N-ethyl adjacent to an activating group) is 1. The molecular weight excluding hydrogens is 248 g/mol. The summed E-state index contributed by atoms with van der Waals surface area (Å²) in [7, 11) is 2.08. The number of aliphatic hydroxyl groups excluding tert-OH is 1. The highest BCUT2D eigenvalue weighted by Gasteiger charge is 2.29. The zero-order chi connectivity index (χ0) is 15.2. The van der Waals surface area contributed by atoms with Gasteiger partial charge in [0.25, 0.3) is 0 Å². The van der Waals surface area contributed by atoms with Crippen LogP contribution in [0.1, 0.15) is 33.3 Å². The standard InChI is InChI=1S/C17H30N2O/c1-14(2)18-12-17(4,13-19(5)15(3)11-20)16-9-7-6-8-10-16/h6-10,14-15,18,20H,11-13H2,1-5H3. The van der Waals surface area contributed by atoms with E-state index >= 15 is 0 Å². The smallest absolute Gasteiger partial charge is 0.0584 e. The van der Waals surface area contributed by atoms with E-state index in [0.29, 0.717) is 6.04 Å². The van der Waals surface area contributed by atoms with E-state index in [4.69, 9.17) is 0 Å². The highest BCUT2D eigenvalue weighted by molar-refractivity contribution is 5.25. The first-order valence-corrected chi connectivity index (χ1v) is 7.49. The highest BCUT2D eigenvalue weighted by Crippen LogP contribution is 2.25. The van der Waals surface area contributed by atoms with Crippen molar-refractivity contribution >= 4 is 0 Å². The average Bonchev–Trinajstić information content (AvgIpc) is 2.45. The van der Waals surface area contributed by atoms with E-state index in [1.807, 2.05) is 0 Å². The fraction of sp³-hybridized carbons (Fsp3) is 0.647. The molecule has 1 aromatic rings. The van der Waals surface area contributed by atoms with Crippen molar-refractivity contribution in [2.45, 2.75) is 45.2 Å². The van der Waals surface area contributed by atoms with Crippen LogP contribution >= 0.6 is 0 Å². The highest BCUT2D eigenvalue weighted by atomic mass is 16.3. The maximum absolute atomic E-state index is 9.33. The van der Waals surface area contributed by atoms with Crippen LogP contribution in [0.2, 0.25) is 0 Å².